The van der Waals surface area contributed by atoms with E-state index in [1.54, 1.807) is 0 Å². The van der Waals surface area contributed by atoms with Gasteiger partial charge in [0, 0.05) is 20.8 Å². The summed E-state index contributed by atoms with van der Waals surface area (Å²) >= 11 is 4.78. The van der Waals surface area contributed by atoms with Gasteiger partial charge >= 0.3 is 0 Å². The van der Waals surface area contributed by atoms with Crippen LogP contribution in [0.15, 0.2) is 34.1 Å². The monoisotopic (exact) mass is 318 g/mol. The van der Waals surface area contributed by atoms with E-state index < -0.39 is 17.7 Å². The minimum Gasteiger partial charge on any atom is -0.271 e. The third-order valence-corrected chi connectivity index (χ3v) is 4.02. The van der Waals surface area contributed by atoms with Crippen molar-refractivity contribution in [3.05, 3.63) is 56.2 Å². The van der Waals surface area contributed by atoms with E-state index in [-0.39, 0.29) is 0 Å². The molecule has 3 N–H and O–H groups in total. The average Bonchev–Trinajstić information content (AvgIpc) is 2.64. The van der Waals surface area contributed by atoms with Crippen LogP contribution in [-0.2, 0) is 0 Å². The van der Waals surface area contributed by atoms with Crippen molar-refractivity contribution in [3.63, 3.8) is 0 Å². The molecule has 0 aliphatic heterocycles. The summed E-state index contributed by atoms with van der Waals surface area (Å²) in [5.74, 6) is 4.21. The van der Waals surface area contributed by atoms with Crippen molar-refractivity contribution in [2.75, 3.05) is 0 Å². The molecule has 6 heteroatoms. The number of hydrogen-bond acceptors (Lipinski definition) is 3. The molecule has 2 rings (SSSR count). The summed E-state index contributed by atoms with van der Waals surface area (Å²) in [5.41, 5.74) is 3.02. The van der Waals surface area contributed by atoms with Gasteiger partial charge in [-0.1, -0.05) is 0 Å². The molecule has 0 aliphatic rings. The molecular weight excluding hydrogens is 310 g/mol. The van der Waals surface area contributed by atoms with Gasteiger partial charge in [0.25, 0.3) is 0 Å². The van der Waals surface area contributed by atoms with Crippen LogP contribution in [-0.4, -0.2) is 0 Å². The lowest BCUT2D eigenvalue weighted by molar-refractivity contribution is 0.567. The number of nitrogens with two attached hydrogens (primary N) is 1. The Labute approximate surface area is 110 Å². The van der Waals surface area contributed by atoms with Crippen LogP contribution in [0.3, 0.4) is 0 Å². The number of hydrogen-bond donors (Lipinski definition) is 2. The van der Waals surface area contributed by atoms with Crippen molar-refractivity contribution < 1.29 is 8.78 Å². The normalized spacial score (nSPS) is 12.7. The molecule has 1 unspecified atom stereocenters. The molecule has 0 aliphatic carbocycles. The fourth-order valence-electron chi connectivity index (χ4n) is 1.56. The Morgan fingerprint density at radius 1 is 1.18 bits per heavy atom. The largest absolute Gasteiger partial charge is 0.271 e. The predicted molar refractivity (Wildman–Crippen MR) is 67.5 cm³/mol. The topological polar surface area (TPSA) is 38.0 Å². The van der Waals surface area contributed by atoms with E-state index in [4.69, 9.17) is 5.84 Å². The predicted octanol–water partition coefficient (Wildman–Crippen LogP) is 3.34. The molecule has 1 aromatic heterocycles. The molecule has 0 fully saturated rings. The molecule has 17 heavy (non-hydrogen) atoms. The van der Waals surface area contributed by atoms with Crippen LogP contribution in [0.25, 0.3) is 0 Å². The van der Waals surface area contributed by atoms with Gasteiger partial charge in [-0.25, -0.2) is 14.2 Å². The number of benzene rings is 1. The third-order valence-electron chi connectivity index (χ3n) is 2.26. The number of nitrogens with one attached hydrogen (secondary N) is 1. The standard InChI is InChI=1S/C11H9BrF2N2S/c12-7-3-10(17-5-7)11(16-15)6-1-8(13)4-9(14)2-6/h1-5,11,16H,15H2. The highest BCUT2D eigenvalue weighted by atomic mass is 79.9. The summed E-state index contributed by atoms with van der Waals surface area (Å²) in [6.45, 7) is 0. The summed E-state index contributed by atoms with van der Waals surface area (Å²) in [7, 11) is 0. The minimum absolute atomic E-state index is 0.420. The average molecular weight is 319 g/mol. The highest BCUT2D eigenvalue weighted by Crippen LogP contribution is 2.30. The SMILES string of the molecule is NNC(c1cc(F)cc(F)c1)c1cc(Br)cs1. The highest BCUT2D eigenvalue weighted by molar-refractivity contribution is 9.10. The Morgan fingerprint density at radius 2 is 1.82 bits per heavy atom. The number of rotatable bonds is 3. The van der Waals surface area contributed by atoms with Gasteiger partial charge in [0.1, 0.15) is 11.6 Å². The maximum absolute atomic E-state index is 13.1. The van der Waals surface area contributed by atoms with Crippen molar-refractivity contribution >= 4 is 27.3 Å². The van der Waals surface area contributed by atoms with Gasteiger partial charge in [0.15, 0.2) is 0 Å². The Balaban J connectivity index is 2.41. The van der Waals surface area contributed by atoms with Crippen LogP contribution < -0.4 is 11.3 Å². The molecule has 1 aromatic carbocycles. The van der Waals surface area contributed by atoms with Gasteiger partial charge < -0.3 is 0 Å². The number of halogens is 3. The molecule has 0 amide bonds. The van der Waals surface area contributed by atoms with Crippen LogP contribution in [0.1, 0.15) is 16.5 Å². The van der Waals surface area contributed by atoms with E-state index in [9.17, 15) is 8.78 Å². The molecule has 0 saturated carbocycles. The lowest BCUT2D eigenvalue weighted by Gasteiger charge is -2.14. The summed E-state index contributed by atoms with van der Waals surface area (Å²) < 4.78 is 27.2. The Kier molecular flexibility index (Phi) is 3.88. The Bertz CT molecular complexity index is 510. The molecule has 2 nitrogen and oxygen atoms in total. The molecular formula is C11H9BrF2N2S. The van der Waals surface area contributed by atoms with Crippen molar-refractivity contribution in [1.82, 2.24) is 5.43 Å². The lowest BCUT2D eigenvalue weighted by atomic mass is 10.1. The third kappa shape index (κ3) is 2.90. The molecule has 2 aromatic rings. The van der Waals surface area contributed by atoms with E-state index in [1.165, 1.54) is 23.5 Å². The second-order valence-corrected chi connectivity index (χ2v) is 5.33. The lowest BCUT2D eigenvalue weighted by Crippen LogP contribution is -2.28. The van der Waals surface area contributed by atoms with Crippen LogP contribution in [0.4, 0.5) is 8.78 Å². The zero-order chi connectivity index (χ0) is 12.4. The van der Waals surface area contributed by atoms with E-state index in [0.29, 0.717) is 5.56 Å². The van der Waals surface area contributed by atoms with Gasteiger partial charge in [0.05, 0.1) is 6.04 Å². The van der Waals surface area contributed by atoms with E-state index >= 15 is 0 Å². The maximum atomic E-state index is 13.1. The van der Waals surface area contributed by atoms with Crippen LogP contribution in [0, 0.1) is 11.6 Å². The molecule has 0 spiro atoms. The van der Waals surface area contributed by atoms with Crippen molar-refractivity contribution in [3.8, 4) is 0 Å². The first kappa shape index (κ1) is 12.6. The van der Waals surface area contributed by atoms with Gasteiger partial charge in [0.2, 0.25) is 0 Å². The van der Waals surface area contributed by atoms with Gasteiger partial charge in [-0.3, -0.25) is 5.84 Å². The van der Waals surface area contributed by atoms with Crippen LogP contribution in [0.2, 0.25) is 0 Å². The summed E-state index contributed by atoms with van der Waals surface area (Å²) in [5, 5.41) is 1.88. The first-order valence-electron chi connectivity index (χ1n) is 4.76. The van der Waals surface area contributed by atoms with E-state index in [1.807, 2.05) is 11.4 Å². The highest BCUT2D eigenvalue weighted by Gasteiger charge is 2.16. The zero-order valence-corrected chi connectivity index (χ0v) is 11.0. The van der Waals surface area contributed by atoms with Crippen molar-refractivity contribution in [2.24, 2.45) is 5.84 Å². The second-order valence-electron chi connectivity index (χ2n) is 3.47. The smallest absolute Gasteiger partial charge is 0.126 e. The molecule has 0 bridgehead atoms. The first-order valence-corrected chi connectivity index (χ1v) is 6.43. The fourth-order valence-corrected chi connectivity index (χ4v) is 3.09. The molecule has 0 saturated heterocycles. The van der Waals surface area contributed by atoms with Crippen LogP contribution in [0.5, 0.6) is 0 Å². The van der Waals surface area contributed by atoms with Gasteiger partial charge in [-0.2, -0.15) is 0 Å². The Morgan fingerprint density at radius 3 is 2.29 bits per heavy atom. The van der Waals surface area contributed by atoms with Crippen LogP contribution >= 0.6 is 27.3 Å². The Hall–Kier alpha value is -0.820. The van der Waals surface area contributed by atoms with Crippen molar-refractivity contribution in [2.45, 2.75) is 6.04 Å². The van der Waals surface area contributed by atoms with E-state index in [0.717, 1.165) is 15.4 Å². The van der Waals surface area contributed by atoms with Gasteiger partial charge in [-0.05, 0) is 39.7 Å². The summed E-state index contributed by atoms with van der Waals surface area (Å²) in [4.78, 5) is 0.879. The zero-order valence-electron chi connectivity index (χ0n) is 8.58. The minimum atomic E-state index is -0.615. The fraction of sp³-hybridized carbons (Fsp3) is 0.0909. The maximum Gasteiger partial charge on any atom is 0.126 e. The number of thiophene rings is 1. The summed E-state index contributed by atoms with van der Waals surface area (Å²) in [6, 6.07) is 4.80. The molecule has 1 heterocycles. The second kappa shape index (κ2) is 5.22. The molecule has 1 atom stereocenters. The van der Waals surface area contributed by atoms with E-state index in [2.05, 4.69) is 21.4 Å². The summed E-state index contributed by atoms with van der Waals surface area (Å²) in [6.07, 6.45) is 0. The molecule has 0 radical (unpaired) electrons. The van der Waals surface area contributed by atoms with Crippen molar-refractivity contribution in [1.29, 1.82) is 0 Å². The molecule has 90 valence electrons. The van der Waals surface area contributed by atoms with Gasteiger partial charge in [-0.15, -0.1) is 11.3 Å². The quantitative estimate of drug-likeness (QED) is 0.673. The first-order chi connectivity index (χ1) is 8.10. The number of hydrazine groups is 1.